The zero-order chi connectivity index (χ0) is 14.0. The van der Waals surface area contributed by atoms with Crippen LogP contribution in [0.4, 0.5) is 4.79 Å². The summed E-state index contributed by atoms with van der Waals surface area (Å²) in [5.74, 6) is 0.639. The monoisotopic (exact) mass is 263 g/mol. The van der Waals surface area contributed by atoms with Crippen LogP contribution >= 0.6 is 0 Å². The number of carbonyl (C=O) groups is 1. The van der Waals surface area contributed by atoms with Crippen molar-refractivity contribution in [1.29, 1.82) is 5.41 Å². The Morgan fingerprint density at radius 2 is 2.11 bits per heavy atom. The van der Waals surface area contributed by atoms with E-state index in [4.69, 9.17) is 20.6 Å². The zero-order valence-corrected chi connectivity index (χ0v) is 10.9. The number of ether oxygens (including phenoxy) is 2. The summed E-state index contributed by atoms with van der Waals surface area (Å²) in [4.78, 5) is 13.3. The van der Waals surface area contributed by atoms with E-state index in [1.807, 2.05) is 31.2 Å². The summed E-state index contributed by atoms with van der Waals surface area (Å²) in [6.45, 7) is 2.24. The van der Waals surface area contributed by atoms with E-state index >= 15 is 0 Å². The second-order valence-electron chi connectivity index (χ2n) is 4.48. The van der Waals surface area contributed by atoms with Gasteiger partial charge in [0.2, 0.25) is 0 Å². The highest BCUT2D eigenvalue weighted by atomic mass is 16.6. The molecule has 1 amide bonds. The van der Waals surface area contributed by atoms with E-state index in [0.29, 0.717) is 6.54 Å². The van der Waals surface area contributed by atoms with Crippen LogP contribution in [0.1, 0.15) is 12.5 Å². The number of nitrogens with two attached hydrogens (primary N) is 1. The molecular weight excluding hydrogens is 246 g/mol. The summed E-state index contributed by atoms with van der Waals surface area (Å²) in [5.41, 5.74) is 6.37. The fraction of sp³-hybridized carbons (Fsp3) is 0.385. The molecule has 1 heterocycles. The number of cyclic esters (lactones) is 1. The summed E-state index contributed by atoms with van der Waals surface area (Å²) < 4.78 is 10.2. The van der Waals surface area contributed by atoms with Crippen molar-refractivity contribution >= 4 is 11.9 Å². The van der Waals surface area contributed by atoms with E-state index in [9.17, 15) is 4.79 Å². The molecule has 0 aliphatic carbocycles. The molecule has 1 aliphatic rings. The van der Waals surface area contributed by atoms with Gasteiger partial charge in [-0.15, -0.1) is 0 Å². The third-order valence-corrected chi connectivity index (χ3v) is 3.21. The van der Waals surface area contributed by atoms with Crippen molar-refractivity contribution in [2.45, 2.75) is 25.6 Å². The van der Waals surface area contributed by atoms with Crippen molar-refractivity contribution in [3.8, 4) is 5.75 Å². The molecule has 6 nitrogen and oxygen atoms in total. The first-order valence-corrected chi connectivity index (χ1v) is 5.97. The van der Waals surface area contributed by atoms with E-state index in [1.54, 1.807) is 12.0 Å². The van der Waals surface area contributed by atoms with Gasteiger partial charge in [-0.2, -0.15) is 0 Å². The average Bonchev–Trinajstić information content (AvgIpc) is 2.68. The van der Waals surface area contributed by atoms with Gasteiger partial charge in [0, 0.05) is 6.54 Å². The average molecular weight is 263 g/mol. The van der Waals surface area contributed by atoms with Crippen molar-refractivity contribution in [1.82, 2.24) is 4.90 Å². The molecule has 2 rings (SSSR count). The lowest BCUT2D eigenvalue weighted by molar-refractivity contribution is 0.148. The Balaban J connectivity index is 2.09. The van der Waals surface area contributed by atoms with Gasteiger partial charge in [0.25, 0.3) is 0 Å². The second-order valence-corrected chi connectivity index (χ2v) is 4.48. The first-order chi connectivity index (χ1) is 9.02. The molecule has 0 aromatic heterocycles. The van der Waals surface area contributed by atoms with Crippen molar-refractivity contribution in [2.75, 3.05) is 7.11 Å². The number of hydrogen-bond donors (Lipinski definition) is 2. The summed E-state index contributed by atoms with van der Waals surface area (Å²) in [6, 6.07) is 7.21. The minimum absolute atomic E-state index is 0.127. The van der Waals surface area contributed by atoms with Gasteiger partial charge < -0.3 is 15.2 Å². The lowest BCUT2D eigenvalue weighted by Crippen LogP contribution is -2.39. The molecule has 1 aromatic rings. The van der Waals surface area contributed by atoms with Crippen LogP contribution in [0.25, 0.3) is 0 Å². The highest BCUT2D eigenvalue weighted by Crippen LogP contribution is 2.22. The van der Waals surface area contributed by atoms with Crippen LogP contribution in [0.5, 0.6) is 5.75 Å². The second kappa shape index (κ2) is 5.17. The van der Waals surface area contributed by atoms with Gasteiger partial charge in [-0.05, 0) is 24.6 Å². The van der Waals surface area contributed by atoms with Crippen molar-refractivity contribution in [2.24, 2.45) is 5.73 Å². The summed E-state index contributed by atoms with van der Waals surface area (Å²) >= 11 is 0. The van der Waals surface area contributed by atoms with Gasteiger partial charge in [-0.3, -0.25) is 10.3 Å². The molecule has 1 aliphatic heterocycles. The van der Waals surface area contributed by atoms with Gasteiger partial charge in [0.05, 0.1) is 13.2 Å². The van der Waals surface area contributed by atoms with Crippen LogP contribution in [0.3, 0.4) is 0 Å². The Bertz CT molecular complexity index is 486. The number of carbonyl (C=O) groups excluding carboxylic acids is 1. The predicted octanol–water partition coefficient (Wildman–Crippen LogP) is 1.34. The summed E-state index contributed by atoms with van der Waals surface area (Å²) in [6.07, 6.45) is -1.10. The van der Waals surface area contributed by atoms with Crippen molar-refractivity contribution < 1.29 is 14.3 Å². The molecule has 0 spiro atoms. The number of hydrogen-bond acceptors (Lipinski definition) is 4. The molecule has 0 bridgehead atoms. The van der Waals surface area contributed by atoms with Crippen molar-refractivity contribution in [3.05, 3.63) is 29.8 Å². The first kappa shape index (κ1) is 13.2. The summed E-state index contributed by atoms with van der Waals surface area (Å²) in [5, 5.41) is 7.39. The molecule has 6 heteroatoms. The molecular formula is C13H17N3O3. The fourth-order valence-corrected chi connectivity index (χ4v) is 2.06. The van der Waals surface area contributed by atoms with Gasteiger partial charge in [-0.1, -0.05) is 12.1 Å². The number of rotatable bonds is 4. The lowest BCUT2D eigenvalue weighted by Gasteiger charge is -2.20. The quantitative estimate of drug-likeness (QED) is 0.633. The number of nitrogens with one attached hydrogen (secondary N) is 1. The highest BCUT2D eigenvalue weighted by molar-refractivity contribution is 5.87. The van der Waals surface area contributed by atoms with Crippen molar-refractivity contribution in [3.63, 3.8) is 0 Å². The predicted molar refractivity (Wildman–Crippen MR) is 70.2 cm³/mol. The zero-order valence-electron chi connectivity index (χ0n) is 10.9. The highest BCUT2D eigenvalue weighted by Gasteiger charge is 2.40. The molecule has 0 saturated carbocycles. The van der Waals surface area contributed by atoms with Gasteiger partial charge in [-0.25, -0.2) is 4.79 Å². The van der Waals surface area contributed by atoms with Gasteiger partial charge in [0.1, 0.15) is 11.6 Å². The minimum atomic E-state index is -0.661. The van der Waals surface area contributed by atoms with Crippen LogP contribution in [0, 0.1) is 5.41 Å². The Kier molecular flexibility index (Phi) is 3.59. The standard InChI is InChI=1S/C13H17N3O3/c1-8-11(12(14)15)19-13(17)16(8)7-9-3-5-10(18-2)6-4-9/h3-6,8,11H,7H2,1-2H3,(H3,14,15)/t8-,11-/m0/s1. The van der Waals surface area contributed by atoms with E-state index in [1.165, 1.54) is 0 Å². The molecule has 1 saturated heterocycles. The number of amidine groups is 1. The van der Waals surface area contributed by atoms with E-state index in [-0.39, 0.29) is 11.9 Å². The van der Waals surface area contributed by atoms with Gasteiger partial charge in [0.15, 0.2) is 6.10 Å². The fourth-order valence-electron chi connectivity index (χ4n) is 2.06. The third-order valence-electron chi connectivity index (χ3n) is 3.21. The van der Waals surface area contributed by atoms with Crippen LogP contribution in [-0.4, -0.2) is 36.1 Å². The first-order valence-electron chi connectivity index (χ1n) is 5.97. The molecule has 1 aromatic carbocycles. The van der Waals surface area contributed by atoms with E-state index in [2.05, 4.69) is 0 Å². The Labute approximate surface area is 111 Å². The van der Waals surface area contributed by atoms with Crippen LogP contribution in [0.2, 0.25) is 0 Å². The largest absolute Gasteiger partial charge is 0.497 e. The van der Waals surface area contributed by atoms with Crippen LogP contribution in [-0.2, 0) is 11.3 Å². The number of methoxy groups -OCH3 is 1. The SMILES string of the molecule is COc1ccc(CN2C(=O)O[C@H](C(=N)N)[C@@H]2C)cc1. The molecule has 1 fully saturated rings. The number of amides is 1. The maximum Gasteiger partial charge on any atom is 0.411 e. The topological polar surface area (TPSA) is 88.6 Å². The van der Waals surface area contributed by atoms with E-state index in [0.717, 1.165) is 11.3 Å². The molecule has 2 atom stereocenters. The molecule has 19 heavy (non-hydrogen) atoms. The molecule has 102 valence electrons. The Hall–Kier alpha value is -2.24. The Morgan fingerprint density at radius 3 is 2.58 bits per heavy atom. The van der Waals surface area contributed by atoms with Gasteiger partial charge >= 0.3 is 6.09 Å². The van der Waals surface area contributed by atoms with Crippen LogP contribution < -0.4 is 10.5 Å². The normalized spacial score (nSPS) is 22.2. The van der Waals surface area contributed by atoms with E-state index < -0.39 is 12.2 Å². The minimum Gasteiger partial charge on any atom is -0.497 e. The summed E-state index contributed by atoms with van der Waals surface area (Å²) in [7, 11) is 1.60. The number of nitrogens with zero attached hydrogens (tertiary/aromatic N) is 1. The smallest absolute Gasteiger partial charge is 0.411 e. The lowest BCUT2D eigenvalue weighted by atomic mass is 10.1. The molecule has 0 radical (unpaired) electrons. The van der Waals surface area contributed by atoms with Crippen LogP contribution in [0.15, 0.2) is 24.3 Å². The molecule has 0 unspecified atom stereocenters. The number of benzene rings is 1. The third kappa shape index (κ3) is 2.62. The molecule has 3 N–H and O–H groups in total. The Morgan fingerprint density at radius 1 is 1.47 bits per heavy atom. The maximum atomic E-state index is 11.8. The maximum absolute atomic E-state index is 11.8.